The van der Waals surface area contributed by atoms with Crippen LogP contribution in [0.4, 0.5) is 0 Å². The number of carbonyl (C=O) groups is 2. The molecule has 8 nitrogen and oxygen atoms in total. The molecule has 184 valence electrons. The first-order chi connectivity index (χ1) is 16.4. The minimum Gasteiger partial charge on any atom is -0.490 e. The van der Waals surface area contributed by atoms with E-state index >= 15 is 0 Å². The van der Waals surface area contributed by atoms with Crippen LogP contribution in [0.1, 0.15) is 50.5 Å². The summed E-state index contributed by atoms with van der Waals surface area (Å²) >= 11 is 0. The molecule has 1 heterocycles. The van der Waals surface area contributed by atoms with Crippen LogP contribution < -0.4 is 4.74 Å². The number of carbonyl (C=O) groups excluding carboxylic acids is 1. The summed E-state index contributed by atoms with van der Waals surface area (Å²) in [5, 5.41) is 8.60. The van der Waals surface area contributed by atoms with Crippen molar-refractivity contribution in [3.05, 3.63) is 36.4 Å². The van der Waals surface area contributed by atoms with Gasteiger partial charge in [-0.3, -0.25) is 9.59 Å². The maximum absolute atomic E-state index is 11.5. The van der Waals surface area contributed by atoms with Crippen LogP contribution in [0, 0.1) is 23.7 Å². The first kappa shape index (κ1) is 23.3. The molecule has 1 unspecified atom stereocenters. The fourth-order valence-electron chi connectivity index (χ4n) is 6.33. The zero-order chi connectivity index (χ0) is 23.7. The van der Waals surface area contributed by atoms with Gasteiger partial charge in [-0.1, -0.05) is 18.7 Å². The van der Waals surface area contributed by atoms with Crippen LogP contribution in [-0.4, -0.2) is 48.8 Å². The molecular formula is C26H32O8. The molecule has 1 aromatic carbocycles. The number of esters is 1. The van der Waals surface area contributed by atoms with Crippen molar-refractivity contribution >= 4 is 17.5 Å². The summed E-state index contributed by atoms with van der Waals surface area (Å²) in [4.78, 5) is 34.0. The first-order valence-electron chi connectivity index (χ1n) is 12.2. The Morgan fingerprint density at radius 2 is 1.79 bits per heavy atom. The SMILES string of the molecule is C=C(c1cccc(OCCOC(=O)CCC(=O)O)c1)C1COC2(OO1)C1CC3CC(C1)CC2C3. The number of rotatable bonds is 9. The van der Waals surface area contributed by atoms with Gasteiger partial charge in [-0.15, -0.1) is 0 Å². The molecule has 4 saturated carbocycles. The van der Waals surface area contributed by atoms with Gasteiger partial charge >= 0.3 is 11.9 Å². The Labute approximate surface area is 199 Å². The Morgan fingerprint density at radius 1 is 1.06 bits per heavy atom. The normalized spacial score (nSPS) is 33.6. The molecule has 0 amide bonds. The number of hydrogen-bond donors (Lipinski definition) is 1. The number of benzene rings is 1. The summed E-state index contributed by atoms with van der Waals surface area (Å²) in [5.41, 5.74) is 1.61. The molecule has 0 radical (unpaired) electrons. The molecule has 8 heteroatoms. The van der Waals surface area contributed by atoms with E-state index in [1.807, 2.05) is 18.2 Å². The van der Waals surface area contributed by atoms with Crippen LogP contribution in [0.2, 0.25) is 0 Å². The number of hydrogen-bond acceptors (Lipinski definition) is 7. The summed E-state index contributed by atoms with van der Waals surface area (Å²) in [5.74, 6) is 0.928. The predicted molar refractivity (Wildman–Crippen MR) is 120 cm³/mol. The molecule has 5 aliphatic rings. The molecule has 4 aliphatic carbocycles. The highest BCUT2D eigenvalue weighted by atomic mass is 17.2. The minimum atomic E-state index is -1.03. The molecule has 6 rings (SSSR count). The van der Waals surface area contributed by atoms with Gasteiger partial charge in [0.25, 0.3) is 0 Å². The molecule has 4 bridgehead atoms. The average Bonchev–Trinajstić information content (AvgIpc) is 2.83. The fourth-order valence-corrected chi connectivity index (χ4v) is 6.33. The molecule has 5 fully saturated rings. The maximum Gasteiger partial charge on any atom is 0.306 e. The van der Waals surface area contributed by atoms with Crippen molar-refractivity contribution in [2.45, 2.75) is 56.8 Å². The highest BCUT2D eigenvalue weighted by Gasteiger charge is 2.61. The summed E-state index contributed by atoms with van der Waals surface area (Å²) in [7, 11) is 0. The third-order valence-corrected chi connectivity index (χ3v) is 7.78. The molecule has 1 N–H and O–H groups in total. The number of carboxylic acids is 1. The van der Waals surface area contributed by atoms with Crippen LogP contribution in [0.15, 0.2) is 30.8 Å². The van der Waals surface area contributed by atoms with Crippen molar-refractivity contribution < 1.29 is 38.7 Å². The molecule has 0 aromatic heterocycles. The molecule has 1 spiro atoms. The van der Waals surface area contributed by atoms with Crippen molar-refractivity contribution in [2.75, 3.05) is 19.8 Å². The smallest absolute Gasteiger partial charge is 0.306 e. The topological polar surface area (TPSA) is 101 Å². The standard InChI is InChI=1S/C26H32O8/c1-16(19-3-2-4-22(14-19)30-7-8-31-25(29)6-5-24(27)28)23-15-32-26(34-33-23)20-10-17-9-18(12-20)13-21(26)11-17/h2-4,14,17-18,20-21,23H,1,5-13,15H2,(H,27,28). The number of aliphatic carboxylic acids is 1. The Morgan fingerprint density at radius 3 is 2.44 bits per heavy atom. The second-order valence-electron chi connectivity index (χ2n) is 10.0. The maximum atomic E-state index is 11.5. The largest absolute Gasteiger partial charge is 0.490 e. The Kier molecular flexibility index (Phi) is 6.64. The average molecular weight is 473 g/mol. The monoisotopic (exact) mass is 472 g/mol. The van der Waals surface area contributed by atoms with Crippen molar-refractivity contribution in [2.24, 2.45) is 23.7 Å². The van der Waals surface area contributed by atoms with Gasteiger partial charge < -0.3 is 19.3 Å². The quantitative estimate of drug-likeness (QED) is 0.327. The fraction of sp³-hybridized carbons (Fsp3) is 0.615. The van der Waals surface area contributed by atoms with Crippen LogP contribution in [-0.2, 0) is 28.8 Å². The van der Waals surface area contributed by atoms with E-state index in [0.717, 1.165) is 23.0 Å². The molecular weight excluding hydrogens is 440 g/mol. The van der Waals surface area contributed by atoms with Gasteiger partial charge in [0.05, 0.1) is 19.4 Å². The Hall–Kier alpha value is -2.42. The van der Waals surface area contributed by atoms with Gasteiger partial charge in [0.2, 0.25) is 5.79 Å². The van der Waals surface area contributed by atoms with Crippen LogP contribution in [0.25, 0.3) is 5.57 Å². The van der Waals surface area contributed by atoms with Gasteiger partial charge in [-0.25, -0.2) is 4.89 Å². The lowest BCUT2D eigenvalue weighted by molar-refractivity contribution is -0.517. The summed E-state index contributed by atoms with van der Waals surface area (Å²) in [6.45, 7) is 4.83. The predicted octanol–water partition coefficient (Wildman–Crippen LogP) is 3.99. The molecule has 1 aliphatic heterocycles. The minimum absolute atomic E-state index is 0.0448. The molecule has 34 heavy (non-hydrogen) atoms. The highest BCUT2D eigenvalue weighted by Crippen LogP contribution is 2.60. The summed E-state index contributed by atoms with van der Waals surface area (Å²) in [6.07, 6.45) is 5.28. The van der Waals surface area contributed by atoms with Crippen LogP contribution in [0.3, 0.4) is 0 Å². The van der Waals surface area contributed by atoms with Gasteiger partial charge in [0.1, 0.15) is 25.1 Å². The van der Waals surface area contributed by atoms with E-state index in [0.29, 0.717) is 24.2 Å². The van der Waals surface area contributed by atoms with Crippen LogP contribution in [0.5, 0.6) is 5.75 Å². The Balaban J connectivity index is 1.11. The summed E-state index contributed by atoms with van der Waals surface area (Å²) < 4.78 is 17.1. The zero-order valence-electron chi connectivity index (χ0n) is 19.3. The number of ether oxygens (including phenoxy) is 3. The van der Waals surface area contributed by atoms with E-state index in [1.165, 1.54) is 32.1 Å². The lowest BCUT2D eigenvalue weighted by Gasteiger charge is -2.60. The molecule has 1 atom stereocenters. The first-order valence-corrected chi connectivity index (χ1v) is 12.2. The van der Waals surface area contributed by atoms with E-state index < -0.39 is 23.8 Å². The second-order valence-corrected chi connectivity index (χ2v) is 10.0. The Bertz CT molecular complexity index is 902. The van der Waals surface area contributed by atoms with E-state index in [2.05, 4.69) is 6.58 Å². The van der Waals surface area contributed by atoms with Gasteiger partial charge in [-0.05, 0) is 67.2 Å². The van der Waals surface area contributed by atoms with E-state index in [-0.39, 0.29) is 26.1 Å². The molecule has 1 saturated heterocycles. The van der Waals surface area contributed by atoms with E-state index in [9.17, 15) is 9.59 Å². The highest BCUT2D eigenvalue weighted by molar-refractivity contribution is 5.76. The summed E-state index contributed by atoms with van der Waals surface area (Å²) in [6, 6.07) is 7.45. The van der Waals surface area contributed by atoms with Crippen LogP contribution >= 0.6 is 0 Å². The van der Waals surface area contributed by atoms with Gasteiger partial charge in [0, 0.05) is 11.8 Å². The van der Waals surface area contributed by atoms with E-state index in [4.69, 9.17) is 29.1 Å². The zero-order valence-corrected chi connectivity index (χ0v) is 19.3. The van der Waals surface area contributed by atoms with Gasteiger partial charge in [0.15, 0.2) is 0 Å². The molecule has 1 aromatic rings. The van der Waals surface area contributed by atoms with Crippen molar-refractivity contribution in [1.82, 2.24) is 0 Å². The number of carboxylic acid groups (broad SMARTS) is 1. The van der Waals surface area contributed by atoms with Crippen molar-refractivity contribution in [3.8, 4) is 5.75 Å². The van der Waals surface area contributed by atoms with E-state index in [1.54, 1.807) is 6.07 Å². The van der Waals surface area contributed by atoms with Crippen molar-refractivity contribution in [1.29, 1.82) is 0 Å². The lowest BCUT2D eigenvalue weighted by atomic mass is 9.53. The van der Waals surface area contributed by atoms with Crippen molar-refractivity contribution in [3.63, 3.8) is 0 Å². The third kappa shape index (κ3) is 4.72. The van der Waals surface area contributed by atoms with Gasteiger partial charge in [-0.2, -0.15) is 4.89 Å². The third-order valence-electron chi connectivity index (χ3n) is 7.78. The lowest BCUT2D eigenvalue weighted by Crippen LogP contribution is -2.63. The second kappa shape index (κ2) is 9.68.